The van der Waals surface area contributed by atoms with Crippen LogP contribution in [0.2, 0.25) is 0 Å². The first-order chi connectivity index (χ1) is 6.08. The maximum Gasteiger partial charge on any atom is 0.224 e. The van der Waals surface area contributed by atoms with E-state index < -0.39 is 10.0 Å². The fourth-order valence-corrected chi connectivity index (χ4v) is 3.14. The van der Waals surface area contributed by atoms with E-state index in [1.807, 2.05) is 0 Å². The van der Waals surface area contributed by atoms with Gasteiger partial charge in [-0.2, -0.15) is 0 Å². The largest absolute Gasteiger partial charge is 0.381 e. The monoisotopic (exact) mass is 271 g/mol. The maximum absolute atomic E-state index is 11.4. The van der Waals surface area contributed by atoms with Crippen LogP contribution in [0.15, 0.2) is 0 Å². The molecule has 4 nitrogen and oxygen atoms in total. The zero-order valence-corrected chi connectivity index (χ0v) is 9.97. The molecular weight excluding hydrogens is 258 g/mol. The molecule has 78 valence electrons. The van der Waals surface area contributed by atoms with Crippen molar-refractivity contribution in [1.82, 2.24) is 4.31 Å². The highest BCUT2D eigenvalue weighted by Gasteiger charge is 2.26. The first-order valence-electron chi connectivity index (χ1n) is 4.17. The summed E-state index contributed by atoms with van der Waals surface area (Å²) in [6.45, 7) is 1.32. The minimum atomic E-state index is -3.10. The van der Waals surface area contributed by atoms with Crippen LogP contribution in [0.1, 0.15) is 12.8 Å². The Bertz CT molecular complexity index is 248. The van der Waals surface area contributed by atoms with Gasteiger partial charge in [0.25, 0.3) is 0 Å². The highest BCUT2D eigenvalue weighted by atomic mass is 79.9. The van der Waals surface area contributed by atoms with E-state index in [-0.39, 0.29) is 10.7 Å². The summed E-state index contributed by atoms with van der Waals surface area (Å²) in [6, 6.07) is 0.108. The second-order valence-corrected chi connectivity index (χ2v) is 6.41. The molecule has 0 amide bonds. The SMILES string of the molecule is CN(C1CCOCC1)S(=O)(=O)CBr. The first kappa shape index (κ1) is 11.4. The number of hydrogen-bond acceptors (Lipinski definition) is 3. The summed E-state index contributed by atoms with van der Waals surface area (Å²) in [5.41, 5.74) is 0. The summed E-state index contributed by atoms with van der Waals surface area (Å²) in [4.78, 5) is 0. The number of halogens is 1. The average molecular weight is 272 g/mol. The third-order valence-corrected chi connectivity index (χ3v) is 5.47. The third kappa shape index (κ3) is 2.90. The van der Waals surface area contributed by atoms with Crippen molar-refractivity contribution in [2.75, 3.05) is 24.9 Å². The lowest BCUT2D eigenvalue weighted by atomic mass is 10.1. The van der Waals surface area contributed by atoms with Gasteiger partial charge in [0.1, 0.15) is 4.66 Å². The van der Waals surface area contributed by atoms with Crippen LogP contribution >= 0.6 is 15.9 Å². The van der Waals surface area contributed by atoms with E-state index in [2.05, 4.69) is 15.9 Å². The Morgan fingerprint density at radius 3 is 2.46 bits per heavy atom. The van der Waals surface area contributed by atoms with E-state index in [9.17, 15) is 8.42 Å². The predicted octanol–water partition coefficient (Wildman–Crippen LogP) is 0.779. The molecule has 0 aromatic carbocycles. The standard InChI is InChI=1S/C7H14BrNO3S/c1-9(13(10,11)6-8)7-2-4-12-5-3-7/h7H,2-6H2,1H3. The molecule has 0 N–H and O–H groups in total. The number of nitrogens with zero attached hydrogens (tertiary/aromatic N) is 1. The summed E-state index contributed by atoms with van der Waals surface area (Å²) in [5.74, 6) is 0. The average Bonchev–Trinajstić information content (AvgIpc) is 2.18. The molecule has 1 aliphatic rings. The molecule has 1 rings (SSSR count). The Balaban J connectivity index is 2.60. The molecule has 13 heavy (non-hydrogen) atoms. The van der Waals surface area contributed by atoms with Crippen molar-refractivity contribution in [3.05, 3.63) is 0 Å². The van der Waals surface area contributed by atoms with Crippen LogP contribution < -0.4 is 0 Å². The molecule has 0 bridgehead atoms. The van der Waals surface area contributed by atoms with Crippen molar-refractivity contribution in [1.29, 1.82) is 0 Å². The number of sulfonamides is 1. The topological polar surface area (TPSA) is 46.6 Å². The fourth-order valence-electron chi connectivity index (χ4n) is 1.35. The van der Waals surface area contributed by atoms with Gasteiger partial charge >= 0.3 is 0 Å². The Morgan fingerprint density at radius 1 is 1.46 bits per heavy atom. The van der Waals surface area contributed by atoms with Crippen molar-refractivity contribution >= 4 is 26.0 Å². The quantitative estimate of drug-likeness (QED) is 0.713. The highest BCUT2D eigenvalue weighted by Crippen LogP contribution is 2.16. The number of rotatable bonds is 3. The summed E-state index contributed by atoms with van der Waals surface area (Å²) >= 11 is 2.98. The van der Waals surface area contributed by atoms with Crippen molar-refractivity contribution in [3.8, 4) is 0 Å². The van der Waals surface area contributed by atoms with Crippen molar-refractivity contribution in [2.45, 2.75) is 18.9 Å². The molecule has 0 aromatic heterocycles. The van der Waals surface area contributed by atoms with E-state index in [1.165, 1.54) is 4.31 Å². The first-order valence-corrected chi connectivity index (χ1v) is 6.90. The van der Waals surface area contributed by atoms with Gasteiger partial charge in [-0.3, -0.25) is 0 Å². The molecular formula is C7H14BrNO3S. The molecule has 1 aliphatic heterocycles. The molecule has 0 aliphatic carbocycles. The highest BCUT2D eigenvalue weighted by molar-refractivity contribution is 9.10. The Morgan fingerprint density at radius 2 is 2.00 bits per heavy atom. The predicted molar refractivity (Wildman–Crippen MR) is 54.3 cm³/mol. The summed E-state index contributed by atoms with van der Waals surface area (Å²) < 4.78 is 29.5. The van der Waals surface area contributed by atoms with Gasteiger partial charge in [-0.1, -0.05) is 15.9 Å². The van der Waals surface area contributed by atoms with Crippen LogP contribution in [0.25, 0.3) is 0 Å². The van der Waals surface area contributed by atoms with Crippen LogP contribution in [0.5, 0.6) is 0 Å². The number of ether oxygens (including phenoxy) is 1. The van der Waals surface area contributed by atoms with E-state index in [4.69, 9.17) is 4.74 Å². The molecule has 6 heteroatoms. The van der Waals surface area contributed by atoms with Gasteiger partial charge in [-0.15, -0.1) is 0 Å². The molecule has 0 aromatic rings. The number of alkyl halides is 1. The van der Waals surface area contributed by atoms with Gasteiger partial charge in [0.2, 0.25) is 10.0 Å². The second-order valence-electron chi connectivity index (χ2n) is 3.08. The third-order valence-electron chi connectivity index (χ3n) is 2.28. The van der Waals surface area contributed by atoms with Gasteiger partial charge in [0.15, 0.2) is 0 Å². The molecule has 1 heterocycles. The minimum absolute atomic E-state index is 0.00609. The van der Waals surface area contributed by atoms with Gasteiger partial charge < -0.3 is 4.74 Å². The molecule has 0 unspecified atom stereocenters. The Kier molecular flexibility index (Phi) is 4.15. The molecule has 0 spiro atoms. The van der Waals surface area contributed by atoms with Crippen LogP contribution in [-0.4, -0.2) is 43.7 Å². The summed E-state index contributed by atoms with van der Waals surface area (Å²) in [5, 5.41) is 0. The van der Waals surface area contributed by atoms with Gasteiger partial charge in [-0.05, 0) is 12.8 Å². The van der Waals surface area contributed by atoms with Crippen LogP contribution in [0.4, 0.5) is 0 Å². The van der Waals surface area contributed by atoms with Gasteiger partial charge in [-0.25, -0.2) is 12.7 Å². The Hall–Kier alpha value is 0.350. The van der Waals surface area contributed by atoms with E-state index in [1.54, 1.807) is 7.05 Å². The molecule has 1 fully saturated rings. The van der Waals surface area contributed by atoms with Crippen LogP contribution in [0.3, 0.4) is 0 Å². The van der Waals surface area contributed by atoms with E-state index >= 15 is 0 Å². The van der Waals surface area contributed by atoms with Gasteiger partial charge in [0, 0.05) is 26.3 Å². The Labute approximate surface area is 87.4 Å². The lowest BCUT2D eigenvalue weighted by Crippen LogP contribution is -2.40. The van der Waals surface area contributed by atoms with Crippen molar-refractivity contribution in [2.24, 2.45) is 0 Å². The smallest absolute Gasteiger partial charge is 0.224 e. The number of hydrogen-bond donors (Lipinski definition) is 0. The molecule has 0 radical (unpaired) electrons. The van der Waals surface area contributed by atoms with Crippen molar-refractivity contribution in [3.63, 3.8) is 0 Å². The van der Waals surface area contributed by atoms with Crippen molar-refractivity contribution < 1.29 is 13.2 Å². The van der Waals surface area contributed by atoms with Crippen LogP contribution in [-0.2, 0) is 14.8 Å². The molecule has 1 saturated heterocycles. The van der Waals surface area contributed by atoms with E-state index in [0.717, 1.165) is 12.8 Å². The lowest BCUT2D eigenvalue weighted by Gasteiger charge is -2.29. The maximum atomic E-state index is 11.4. The minimum Gasteiger partial charge on any atom is -0.381 e. The zero-order valence-electron chi connectivity index (χ0n) is 7.57. The zero-order chi connectivity index (χ0) is 9.90. The lowest BCUT2D eigenvalue weighted by molar-refractivity contribution is 0.0633. The summed E-state index contributed by atoms with van der Waals surface area (Å²) in [6.07, 6.45) is 1.59. The van der Waals surface area contributed by atoms with E-state index in [0.29, 0.717) is 13.2 Å². The summed E-state index contributed by atoms with van der Waals surface area (Å²) in [7, 11) is -1.47. The molecule has 0 atom stereocenters. The second kappa shape index (κ2) is 4.72. The van der Waals surface area contributed by atoms with Crippen LogP contribution in [0, 0.1) is 0 Å². The molecule has 0 saturated carbocycles. The van der Waals surface area contributed by atoms with Gasteiger partial charge in [0.05, 0.1) is 0 Å². The normalized spacial score (nSPS) is 20.8. The fraction of sp³-hybridized carbons (Fsp3) is 1.00.